The van der Waals surface area contributed by atoms with Gasteiger partial charge in [-0.1, -0.05) is 19.1 Å². The minimum atomic E-state index is -0.339. The highest BCUT2D eigenvalue weighted by Crippen LogP contribution is 2.16. The molecule has 1 unspecified atom stereocenters. The van der Waals surface area contributed by atoms with Gasteiger partial charge in [-0.15, -0.1) is 0 Å². The Hall–Kier alpha value is -1.07. The zero-order valence-electron chi connectivity index (χ0n) is 8.12. The Bertz CT molecular complexity index is 378. The average molecular weight is 247 g/mol. The minimum Gasteiger partial charge on any atom is -0.452 e. The molecule has 0 aliphatic rings. The summed E-state index contributed by atoms with van der Waals surface area (Å²) in [6.07, 6.45) is 1.98. The van der Waals surface area contributed by atoms with Crippen LogP contribution in [-0.4, -0.2) is 16.9 Å². The van der Waals surface area contributed by atoms with Crippen LogP contribution in [0.1, 0.15) is 23.7 Å². The molecule has 0 aromatic carbocycles. The molecule has 0 aliphatic heterocycles. The number of nitrogens with one attached hydrogen (secondary N) is 1. The Morgan fingerprint density at radius 1 is 1.80 bits per heavy atom. The Kier molecular flexibility index (Phi) is 4.11. The Morgan fingerprint density at radius 3 is 2.87 bits per heavy atom. The highest BCUT2D eigenvalue weighted by molar-refractivity contribution is 7.80. The summed E-state index contributed by atoms with van der Waals surface area (Å²) in [6, 6.07) is 1.17. The van der Waals surface area contributed by atoms with Gasteiger partial charge in [-0.3, -0.25) is 4.79 Å². The molecule has 1 atom stereocenters. The van der Waals surface area contributed by atoms with Crippen LogP contribution in [0.15, 0.2) is 16.7 Å². The van der Waals surface area contributed by atoms with Gasteiger partial charge in [-0.25, -0.2) is 0 Å². The Balaban J connectivity index is 2.71. The summed E-state index contributed by atoms with van der Waals surface area (Å²) >= 11 is 10.5. The molecule has 6 heteroatoms. The third kappa shape index (κ3) is 2.94. The first-order valence-corrected chi connectivity index (χ1v) is 5.18. The van der Waals surface area contributed by atoms with Crippen molar-refractivity contribution in [2.24, 2.45) is 5.73 Å². The molecule has 0 saturated heterocycles. The lowest BCUT2D eigenvalue weighted by atomic mass is 10.2. The van der Waals surface area contributed by atoms with Gasteiger partial charge in [-0.2, -0.15) is 0 Å². The van der Waals surface area contributed by atoms with Crippen molar-refractivity contribution in [2.45, 2.75) is 19.4 Å². The number of carbonyl (C=O) groups is 1. The number of thiocarbonyl (C=S) groups is 1. The van der Waals surface area contributed by atoms with E-state index in [1.54, 1.807) is 0 Å². The molecule has 3 N–H and O–H groups in total. The second-order valence-corrected chi connectivity index (χ2v) is 3.76. The van der Waals surface area contributed by atoms with Crippen molar-refractivity contribution in [3.05, 3.63) is 23.1 Å². The minimum absolute atomic E-state index is 0.0605. The third-order valence-electron chi connectivity index (χ3n) is 1.92. The van der Waals surface area contributed by atoms with Crippen LogP contribution in [0.5, 0.6) is 0 Å². The van der Waals surface area contributed by atoms with E-state index in [9.17, 15) is 4.79 Å². The molecule has 0 bridgehead atoms. The topological polar surface area (TPSA) is 68.3 Å². The van der Waals surface area contributed by atoms with E-state index in [0.29, 0.717) is 6.42 Å². The number of carbonyl (C=O) groups excluding carboxylic acids is 1. The molecule has 4 nitrogen and oxygen atoms in total. The second kappa shape index (κ2) is 5.14. The number of nitrogens with two attached hydrogens (primary N) is 1. The third-order valence-corrected chi connectivity index (χ3v) is 2.50. The largest absolute Gasteiger partial charge is 0.452 e. The maximum Gasteiger partial charge on any atom is 0.256 e. The molecule has 15 heavy (non-hydrogen) atoms. The molecule has 82 valence electrons. The van der Waals surface area contributed by atoms with Gasteiger partial charge in [0, 0.05) is 0 Å². The summed E-state index contributed by atoms with van der Waals surface area (Å²) in [7, 11) is 0. The summed E-state index contributed by atoms with van der Waals surface area (Å²) < 4.78 is 4.80. The van der Waals surface area contributed by atoms with Gasteiger partial charge in [0.05, 0.1) is 22.9 Å². The van der Waals surface area contributed by atoms with Crippen LogP contribution in [0.2, 0.25) is 5.22 Å². The number of amides is 1. The SMILES string of the molecule is CCC(NC(=O)c1ccoc1Cl)C(N)=S. The van der Waals surface area contributed by atoms with Crippen molar-refractivity contribution in [1.82, 2.24) is 5.32 Å². The fourth-order valence-electron chi connectivity index (χ4n) is 1.07. The monoisotopic (exact) mass is 246 g/mol. The van der Waals surface area contributed by atoms with Crippen molar-refractivity contribution in [3.63, 3.8) is 0 Å². The fraction of sp³-hybridized carbons (Fsp3) is 0.333. The normalized spacial score (nSPS) is 12.1. The van der Waals surface area contributed by atoms with Crippen LogP contribution in [0.3, 0.4) is 0 Å². The molecule has 0 saturated carbocycles. The van der Waals surface area contributed by atoms with Gasteiger partial charge in [0.25, 0.3) is 5.91 Å². The average Bonchev–Trinajstić information content (AvgIpc) is 2.60. The summed E-state index contributed by atoms with van der Waals surface area (Å²) in [4.78, 5) is 11.9. The van der Waals surface area contributed by atoms with E-state index in [1.165, 1.54) is 12.3 Å². The quantitative estimate of drug-likeness (QED) is 0.794. The van der Waals surface area contributed by atoms with E-state index in [-0.39, 0.29) is 27.7 Å². The van der Waals surface area contributed by atoms with Gasteiger partial charge in [0.2, 0.25) is 5.22 Å². The molecule has 1 heterocycles. The van der Waals surface area contributed by atoms with Crippen molar-refractivity contribution in [2.75, 3.05) is 0 Å². The number of halogens is 1. The van der Waals surface area contributed by atoms with Crippen LogP contribution in [-0.2, 0) is 0 Å². The first-order valence-electron chi connectivity index (χ1n) is 4.39. The van der Waals surface area contributed by atoms with E-state index in [1.807, 2.05) is 6.92 Å². The van der Waals surface area contributed by atoms with E-state index in [0.717, 1.165) is 0 Å². The Morgan fingerprint density at radius 2 is 2.47 bits per heavy atom. The lowest BCUT2D eigenvalue weighted by Gasteiger charge is -2.14. The first kappa shape index (κ1) is 12.0. The van der Waals surface area contributed by atoms with Crippen LogP contribution >= 0.6 is 23.8 Å². The molecule has 0 spiro atoms. The van der Waals surface area contributed by atoms with Gasteiger partial charge < -0.3 is 15.5 Å². The van der Waals surface area contributed by atoms with Crippen LogP contribution < -0.4 is 11.1 Å². The zero-order chi connectivity index (χ0) is 11.4. The zero-order valence-corrected chi connectivity index (χ0v) is 9.69. The molecule has 1 rings (SSSR count). The number of furan rings is 1. The number of hydrogen-bond donors (Lipinski definition) is 2. The Labute approximate surface area is 97.8 Å². The lowest BCUT2D eigenvalue weighted by molar-refractivity contribution is 0.0946. The summed E-state index contributed by atoms with van der Waals surface area (Å²) in [5, 5.41) is 2.72. The van der Waals surface area contributed by atoms with E-state index in [4.69, 9.17) is 34.0 Å². The van der Waals surface area contributed by atoms with Crippen molar-refractivity contribution in [1.29, 1.82) is 0 Å². The van der Waals surface area contributed by atoms with Crippen LogP contribution in [0.25, 0.3) is 0 Å². The van der Waals surface area contributed by atoms with Gasteiger partial charge in [0.15, 0.2) is 0 Å². The molecule has 1 amide bonds. The summed E-state index contributed by atoms with van der Waals surface area (Å²) in [5.74, 6) is -0.339. The molecule has 1 aromatic heterocycles. The predicted octanol–water partition coefficient (Wildman–Crippen LogP) is 1.73. The lowest BCUT2D eigenvalue weighted by Crippen LogP contribution is -2.42. The van der Waals surface area contributed by atoms with Gasteiger partial charge >= 0.3 is 0 Å². The van der Waals surface area contributed by atoms with E-state index >= 15 is 0 Å². The van der Waals surface area contributed by atoms with Gasteiger partial charge in [0.1, 0.15) is 0 Å². The summed E-state index contributed by atoms with van der Waals surface area (Å²) in [6.45, 7) is 1.88. The molecular formula is C9H11ClN2O2S. The van der Waals surface area contributed by atoms with Crippen molar-refractivity contribution in [3.8, 4) is 0 Å². The molecule has 0 radical (unpaired) electrons. The molecule has 0 fully saturated rings. The fourth-order valence-corrected chi connectivity index (χ4v) is 1.49. The maximum atomic E-state index is 11.6. The van der Waals surface area contributed by atoms with Crippen molar-refractivity contribution >= 4 is 34.7 Å². The smallest absolute Gasteiger partial charge is 0.256 e. The predicted molar refractivity (Wildman–Crippen MR) is 62.0 cm³/mol. The van der Waals surface area contributed by atoms with Crippen molar-refractivity contribution < 1.29 is 9.21 Å². The van der Waals surface area contributed by atoms with E-state index in [2.05, 4.69) is 5.32 Å². The first-order chi connectivity index (χ1) is 7.06. The molecule has 0 aliphatic carbocycles. The maximum absolute atomic E-state index is 11.6. The van der Waals surface area contributed by atoms with Crippen LogP contribution in [0.4, 0.5) is 0 Å². The number of hydrogen-bond acceptors (Lipinski definition) is 3. The summed E-state index contributed by atoms with van der Waals surface area (Å²) in [5.41, 5.74) is 5.73. The standard InChI is InChI=1S/C9H11ClN2O2S/c1-2-6(8(11)15)12-9(13)5-3-4-14-7(5)10/h3-4,6H,2H2,1H3,(H2,11,15)(H,12,13). The van der Waals surface area contributed by atoms with E-state index < -0.39 is 0 Å². The molecule has 1 aromatic rings. The second-order valence-electron chi connectivity index (χ2n) is 2.94. The molecular weight excluding hydrogens is 236 g/mol. The van der Waals surface area contributed by atoms with Crippen LogP contribution in [0, 0.1) is 0 Å². The van der Waals surface area contributed by atoms with Gasteiger partial charge in [-0.05, 0) is 24.1 Å². The number of rotatable bonds is 4. The highest BCUT2D eigenvalue weighted by atomic mass is 35.5. The highest BCUT2D eigenvalue weighted by Gasteiger charge is 2.17.